The summed E-state index contributed by atoms with van der Waals surface area (Å²) in [5.74, 6) is 0.464. The van der Waals surface area contributed by atoms with Crippen molar-refractivity contribution in [1.82, 2.24) is 4.72 Å². The van der Waals surface area contributed by atoms with E-state index in [-0.39, 0.29) is 10.1 Å². The first-order valence-electron chi connectivity index (χ1n) is 5.36. The molecule has 0 amide bonds. The summed E-state index contributed by atoms with van der Waals surface area (Å²) in [7, 11) is -2.03. The fourth-order valence-electron chi connectivity index (χ4n) is 1.27. The molecule has 0 aromatic heterocycles. The number of anilines is 1. The Kier molecular flexibility index (Phi) is 5.30. The summed E-state index contributed by atoms with van der Waals surface area (Å²) < 4.78 is 31.5. The third kappa shape index (κ3) is 3.79. The van der Waals surface area contributed by atoms with E-state index in [1.54, 1.807) is 17.8 Å². The Labute approximate surface area is 112 Å². The minimum absolute atomic E-state index is 0.147. The monoisotopic (exact) mass is 290 g/mol. The van der Waals surface area contributed by atoms with Crippen LogP contribution in [0.4, 0.5) is 5.69 Å². The largest absolute Gasteiger partial charge is 0.495 e. The third-order valence-electron chi connectivity index (χ3n) is 2.47. The van der Waals surface area contributed by atoms with E-state index in [4.69, 9.17) is 10.5 Å². The molecule has 1 aromatic rings. The quantitative estimate of drug-likeness (QED) is 0.772. The van der Waals surface area contributed by atoms with E-state index in [2.05, 4.69) is 4.72 Å². The number of hydrogen-bond acceptors (Lipinski definition) is 5. The van der Waals surface area contributed by atoms with Crippen LogP contribution in [-0.4, -0.2) is 33.6 Å². The van der Waals surface area contributed by atoms with Crippen LogP contribution in [0.1, 0.15) is 6.92 Å². The summed E-state index contributed by atoms with van der Waals surface area (Å²) in [4.78, 5) is 0.147. The molecular weight excluding hydrogens is 272 g/mol. The molecule has 3 N–H and O–H groups in total. The lowest BCUT2D eigenvalue weighted by Crippen LogP contribution is -2.29. The van der Waals surface area contributed by atoms with Gasteiger partial charge in [-0.3, -0.25) is 0 Å². The molecule has 0 aliphatic heterocycles. The number of benzene rings is 1. The highest BCUT2D eigenvalue weighted by molar-refractivity contribution is 7.99. The predicted octanol–water partition coefficient (Wildman–Crippen LogP) is 1.31. The van der Waals surface area contributed by atoms with Crippen molar-refractivity contribution in [3.8, 4) is 5.75 Å². The molecule has 0 spiro atoms. The van der Waals surface area contributed by atoms with Crippen LogP contribution in [0, 0.1) is 0 Å². The molecule has 1 unspecified atom stereocenters. The van der Waals surface area contributed by atoms with Crippen molar-refractivity contribution < 1.29 is 13.2 Å². The van der Waals surface area contributed by atoms with E-state index in [9.17, 15) is 8.42 Å². The van der Waals surface area contributed by atoms with Crippen molar-refractivity contribution >= 4 is 27.5 Å². The topological polar surface area (TPSA) is 81.4 Å². The van der Waals surface area contributed by atoms with Crippen molar-refractivity contribution in [3.05, 3.63) is 18.2 Å². The molecule has 0 aliphatic rings. The Bertz CT molecular complexity index is 503. The minimum Gasteiger partial charge on any atom is -0.495 e. The average molecular weight is 290 g/mol. The Morgan fingerprint density at radius 3 is 2.67 bits per heavy atom. The standard InChI is InChI=1S/C11H18N2O3S2/c1-8(17-3)7-13-18(14,15)9-4-5-11(16-2)10(12)6-9/h4-6,8,13H,7,12H2,1-3H3. The first-order chi connectivity index (χ1) is 8.40. The molecule has 18 heavy (non-hydrogen) atoms. The van der Waals surface area contributed by atoms with Gasteiger partial charge in [-0.25, -0.2) is 13.1 Å². The Balaban J connectivity index is 2.88. The molecule has 1 atom stereocenters. The van der Waals surface area contributed by atoms with E-state index < -0.39 is 10.0 Å². The average Bonchev–Trinajstić information content (AvgIpc) is 2.35. The molecule has 0 heterocycles. The van der Waals surface area contributed by atoms with Crippen LogP contribution in [0.3, 0.4) is 0 Å². The summed E-state index contributed by atoms with van der Waals surface area (Å²) >= 11 is 1.60. The van der Waals surface area contributed by atoms with Gasteiger partial charge in [-0.1, -0.05) is 6.92 Å². The number of hydrogen-bond donors (Lipinski definition) is 2. The number of rotatable bonds is 6. The van der Waals surface area contributed by atoms with Gasteiger partial charge in [0.2, 0.25) is 10.0 Å². The maximum Gasteiger partial charge on any atom is 0.240 e. The van der Waals surface area contributed by atoms with Crippen molar-refractivity contribution in [2.24, 2.45) is 0 Å². The fourth-order valence-corrected chi connectivity index (χ4v) is 2.79. The van der Waals surface area contributed by atoms with Crippen LogP contribution in [-0.2, 0) is 10.0 Å². The smallest absolute Gasteiger partial charge is 0.240 e. The number of methoxy groups -OCH3 is 1. The summed E-state index contributed by atoms with van der Waals surface area (Å²) in [6.07, 6.45) is 1.93. The molecule has 0 radical (unpaired) electrons. The van der Waals surface area contributed by atoms with Gasteiger partial charge >= 0.3 is 0 Å². The summed E-state index contributed by atoms with van der Waals surface area (Å²) in [5.41, 5.74) is 5.99. The van der Waals surface area contributed by atoms with Crippen LogP contribution in [0.2, 0.25) is 0 Å². The highest BCUT2D eigenvalue weighted by Crippen LogP contribution is 2.24. The molecular formula is C11H18N2O3S2. The number of nitrogen functional groups attached to an aromatic ring is 1. The number of nitrogens with one attached hydrogen (secondary N) is 1. The second-order valence-electron chi connectivity index (χ2n) is 3.80. The Hall–Kier alpha value is -0.920. The Morgan fingerprint density at radius 2 is 2.17 bits per heavy atom. The van der Waals surface area contributed by atoms with Gasteiger partial charge in [0, 0.05) is 11.8 Å². The van der Waals surface area contributed by atoms with Gasteiger partial charge in [-0.05, 0) is 24.5 Å². The maximum atomic E-state index is 12.0. The lowest BCUT2D eigenvalue weighted by atomic mass is 10.3. The van der Waals surface area contributed by atoms with E-state index in [0.717, 1.165) is 0 Å². The summed E-state index contributed by atoms with van der Waals surface area (Å²) in [6, 6.07) is 4.41. The number of thioether (sulfide) groups is 1. The van der Waals surface area contributed by atoms with Gasteiger partial charge in [-0.15, -0.1) is 0 Å². The van der Waals surface area contributed by atoms with Gasteiger partial charge in [0.05, 0.1) is 17.7 Å². The van der Waals surface area contributed by atoms with Crippen LogP contribution in [0.25, 0.3) is 0 Å². The Morgan fingerprint density at radius 1 is 1.50 bits per heavy atom. The molecule has 0 aliphatic carbocycles. The van der Waals surface area contributed by atoms with Crippen molar-refractivity contribution in [1.29, 1.82) is 0 Å². The lowest BCUT2D eigenvalue weighted by molar-refractivity contribution is 0.416. The highest BCUT2D eigenvalue weighted by Gasteiger charge is 2.16. The zero-order chi connectivity index (χ0) is 13.8. The highest BCUT2D eigenvalue weighted by atomic mass is 32.2. The number of sulfonamides is 1. The first kappa shape index (κ1) is 15.1. The minimum atomic E-state index is -3.51. The normalized spacial score (nSPS) is 13.3. The van der Waals surface area contributed by atoms with E-state index in [1.165, 1.54) is 19.2 Å². The van der Waals surface area contributed by atoms with Crippen LogP contribution in [0.5, 0.6) is 5.75 Å². The molecule has 0 saturated carbocycles. The molecule has 7 heteroatoms. The van der Waals surface area contributed by atoms with Gasteiger partial charge in [-0.2, -0.15) is 11.8 Å². The van der Waals surface area contributed by atoms with Crippen molar-refractivity contribution in [2.75, 3.05) is 25.6 Å². The predicted molar refractivity (Wildman–Crippen MR) is 75.6 cm³/mol. The number of ether oxygens (including phenoxy) is 1. The zero-order valence-corrected chi connectivity index (χ0v) is 12.3. The summed E-state index contributed by atoms with van der Waals surface area (Å²) in [5, 5.41) is 0.218. The van der Waals surface area contributed by atoms with Crippen LogP contribution >= 0.6 is 11.8 Å². The SMILES string of the molecule is COc1ccc(S(=O)(=O)NCC(C)SC)cc1N. The lowest BCUT2D eigenvalue weighted by Gasteiger charge is -2.12. The third-order valence-corrected chi connectivity index (χ3v) is 4.87. The molecule has 0 saturated heterocycles. The van der Waals surface area contributed by atoms with E-state index in [0.29, 0.717) is 18.0 Å². The maximum absolute atomic E-state index is 12.0. The van der Waals surface area contributed by atoms with Crippen molar-refractivity contribution in [2.45, 2.75) is 17.1 Å². The van der Waals surface area contributed by atoms with Gasteiger partial charge in [0.15, 0.2) is 0 Å². The fraction of sp³-hybridized carbons (Fsp3) is 0.455. The second-order valence-corrected chi connectivity index (χ2v) is 6.85. The van der Waals surface area contributed by atoms with Gasteiger partial charge < -0.3 is 10.5 Å². The van der Waals surface area contributed by atoms with Gasteiger partial charge in [0.1, 0.15) is 5.75 Å². The van der Waals surface area contributed by atoms with Crippen molar-refractivity contribution in [3.63, 3.8) is 0 Å². The summed E-state index contributed by atoms with van der Waals surface area (Å²) in [6.45, 7) is 2.34. The number of nitrogens with two attached hydrogens (primary N) is 1. The zero-order valence-electron chi connectivity index (χ0n) is 10.6. The molecule has 0 fully saturated rings. The molecule has 1 rings (SSSR count). The second kappa shape index (κ2) is 6.31. The molecule has 102 valence electrons. The van der Waals surface area contributed by atoms with E-state index >= 15 is 0 Å². The first-order valence-corrected chi connectivity index (χ1v) is 8.13. The van der Waals surface area contributed by atoms with Crippen LogP contribution in [0.15, 0.2) is 23.1 Å². The molecule has 5 nitrogen and oxygen atoms in total. The van der Waals surface area contributed by atoms with Crippen LogP contribution < -0.4 is 15.2 Å². The van der Waals surface area contributed by atoms with E-state index in [1.807, 2.05) is 13.2 Å². The molecule has 1 aromatic carbocycles. The van der Waals surface area contributed by atoms with Gasteiger partial charge in [0.25, 0.3) is 0 Å². The molecule has 0 bridgehead atoms.